The van der Waals surface area contributed by atoms with Crippen LogP contribution in [0.25, 0.3) is 0 Å². The standard InChI is InChI=1S/C45H41N7O10S/c1-3-22-62-39-35(21-20-34(38(39)54)43(58)49-31-16-10-29(11-17-31)45(60)61)51-41(56)27-8-14-32(15-9-27)50-44(59)36(23-37(47)53)52-42(57)28-6-12-30(13-7-28)48-40(55)25(2)63-33-18-4-26(24-46)5-19-33/h4-21,25,36,54H,3,22-23H2,1-2H3,(H2,47,53)(H,48,55)(H,49,58)(H,50,59)(H,51,56)(H,52,57)(H,60,61)/t25?,36-/m0/s1. The zero-order chi connectivity index (χ0) is 45.6. The highest BCUT2D eigenvalue weighted by molar-refractivity contribution is 8.00. The summed E-state index contributed by atoms with van der Waals surface area (Å²) in [6.07, 6.45) is 0.00417. The van der Waals surface area contributed by atoms with E-state index in [4.69, 9.17) is 20.8 Å². The number of amides is 6. The summed E-state index contributed by atoms with van der Waals surface area (Å²) in [5.41, 5.74) is 6.97. The van der Waals surface area contributed by atoms with Crippen LogP contribution in [-0.4, -0.2) is 69.5 Å². The molecule has 9 N–H and O–H groups in total. The van der Waals surface area contributed by atoms with E-state index >= 15 is 0 Å². The number of nitriles is 1. The second kappa shape index (κ2) is 21.4. The molecule has 0 radical (unpaired) electrons. The number of hydrogen-bond acceptors (Lipinski definition) is 11. The molecule has 0 aromatic heterocycles. The van der Waals surface area contributed by atoms with Gasteiger partial charge in [-0.3, -0.25) is 28.8 Å². The largest absolute Gasteiger partial charge is 0.504 e. The number of benzene rings is 5. The third-order valence-electron chi connectivity index (χ3n) is 8.99. The summed E-state index contributed by atoms with van der Waals surface area (Å²) in [5, 5.41) is 41.8. The Hall–Kier alpha value is -8.17. The first-order valence-corrected chi connectivity index (χ1v) is 20.1. The monoisotopic (exact) mass is 871 g/mol. The Kier molecular flexibility index (Phi) is 15.6. The molecule has 0 aliphatic carbocycles. The van der Waals surface area contributed by atoms with Crippen molar-refractivity contribution in [1.82, 2.24) is 5.32 Å². The maximum absolute atomic E-state index is 13.3. The second-order valence-corrected chi connectivity index (χ2v) is 15.1. The van der Waals surface area contributed by atoms with E-state index in [0.29, 0.717) is 17.7 Å². The maximum Gasteiger partial charge on any atom is 0.335 e. The number of anilines is 4. The molecule has 2 atom stereocenters. The number of carboxylic acid groups (broad SMARTS) is 1. The summed E-state index contributed by atoms with van der Waals surface area (Å²) in [4.78, 5) is 89.4. The minimum atomic E-state index is -1.38. The van der Waals surface area contributed by atoms with Crippen LogP contribution in [0.15, 0.2) is 114 Å². The summed E-state index contributed by atoms with van der Waals surface area (Å²) >= 11 is 1.31. The lowest BCUT2D eigenvalue weighted by Gasteiger charge is -2.18. The Balaban J connectivity index is 1.19. The molecule has 63 heavy (non-hydrogen) atoms. The van der Waals surface area contributed by atoms with E-state index in [1.165, 1.54) is 96.7 Å². The molecule has 5 aromatic rings. The van der Waals surface area contributed by atoms with Gasteiger partial charge in [0, 0.05) is 33.1 Å². The topological polar surface area (TPSA) is 279 Å². The van der Waals surface area contributed by atoms with Gasteiger partial charge in [-0.15, -0.1) is 11.8 Å². The molecule has 0 saturated carbocycles. The van der Waals surface area contributed by atoms with Gasteiger partial charge in [-0.05, 0) is 123 Å². The van der Waals surface area contributed by atoms with Crippen molar-refractivity contribution in [2.24, 2.45) is 5.73 Å². The highest BCUT2D eigenvalue weighted by Gasteiger charge is 2.25. The fourth-order valence-corrected chi connectivity index (χ4v) is 6.56. The fraction of sp³-hybridized carbons (Fsp3) is 0.156. The van der Waals surface area contributed by atoms with Crippen molar-refractivity contribution < 1.29 is 48.5 Å². The number of phenolic OH excluding ortho intramolecular Hbond substituents is 1. The van der Waals surface area contributed by atoms with Gasteiger partial charge >= 0.3 is 5.97 Å². The van der Waals surface area contributed by atoms with Crippen molar-refractivity contribution >= 4 is 75.9 Å². The number of carbonyl (C=O) groups is 7. The first kappa shape index (κ1) is 45.9. The minimum absolute atomic E-state index is 0.0228. The number of rotatable bonds is 18. The molecular weight excluding hydrogens is 831 g/mol. The van der Waals surface area contributed by atoms with Gasteiger partial charge in [0.1, 0.15) is 6.04 Å². The van der Waals surface area contributed by atoms with Crippen LogP contribution in [0.4, 0.5) is 22.7 Å². The summed E-state index contributed by atoms with van der Waals surface area (Å²) < 4.78 is 5.71. The van der Waals surface area contributed by atoms with E-state index in [1.807, 2.05) is 13.0 Å². The van der Waals surface area contributed by atoms with Gasteiger partial charge < -0.3 is 47.3 Å². The van der Waals surface area contributed by atoms with Crippen LogP contribution < -0.4 is 37.1 Å². The number of aromatic carboxylic acids is 1. The van der Waals surface area contributed by atoms with Crippen molar-refractivity contribution in [3.63, 3.8) is 0 Å². The zero-order valence-corrected chi connectivity index (χ0v) is 34.6. The molecule has 17 nitrogen and oxygen atoms in total. The predicted octanol–water partition coefficient (Wildman–Crippen LogP) is 5.99. The molecule has 5 rings (SSSR count). The van der Waals surface area contributed by atoms with Gasteiger partial charge in [0.15, 0.2) is 11.5 Å². The normalized spacial score (nSPS) is 11.4. The summed E-state index contributed by atoms with van der Waals surface area (Å²) in [7, 11) is 0. The van der Waals surface area contributed by atoms with Gasteiger partial charge in [0.2, 0.25) is 17.7 Å². The van der Waals surface area contributed by atoms with Crippen molar-refractivity contribution in [2.45, 2.75) is 42.9 Å². The smallest absolute Gasteiger partial charge is 0.335 e. The van der Waals surface area contributed by atoms with Crippen molar-refractivity contribution in [2.75, 3.05) is 27.9 Å². The number of phenols is 1. The van der Waals surface area contributed by atoms with Gasteiger partial charge in [-0.25, -0.2) is 4.79 Å². The highest BCUT2D eigenvalue weighted by Crippen LogP contribution is 2.38. The van der Waals surface area contributed by atoms with E-state index in [1.54, 1.807) is 31.2 Å². The Bertz CT molecular complexity index is 2560. The van der Waals surface area contributed by atoms with Gasteiger partial charge in [0.05, 0.1) is 46.7 Å². The van der Waals surface area contributed by atoms with Crippen LogP contribution in [0.2, 0.25) is 0 Å². The first-order valence-electron chi connectivity index (χ1n) is 19.2. The summed E-state index contributed by atoms with van der Waals surface area (Å²) in [6, 6.07) is 27.1. The molecule has 6 amide bonds. The lowest BCUT2D eigenvalue weighted by molar-refractivity contribution is -0.123. The second-order valence-electron chi connectivity index (χ2n) is 13.7. The van der Waals surface area contributed by atoms with Crippen LogP contribution in [0.5, 0.6) is 11.5 Å². The third kappa shape index (κ3) is 12.7. The minimum Gasteiger partial charge on any atom is -0.504 e. The number of ether oxygens (including phenoxy) is 1. The number of aromatic hydroxyl groups is 1. The number of carbonyl (C=O) groups excluding carboxylic acids is 6. The van der Waals surface area contributed by atoms with Gasteiger partial charge in [-0.1, -0.05) is 6.92 Å². The number of nitrogens with two attached hydrogens (primary N) is 1. The van der Waals surface area contributed by atoms with Crippen LogP contribution in [-0.2, 0) is 14.4 Å². The molecule has 0 spiro atoms. The van der Waals surface area contributed by atoms with Crippen LogP contribution in [0, 0.1) is 11.3 Å². The van der Waals surface area contributed by atoms with E-state index in [9.17, 15) is 38.7 Å². The average Bonchev–Trinajstić information content (AvgIpc) is 3.26. The number of nitrogens with one attached hydrogen (secondary N) is 5. The van der Waals surface area contributed by atoms with Gasteiger partial charge in [0.25, 0.3) is 17.7 Å². The van der Waals surface area contributed by atoms with E-state index in [-0.39, 0.29) is 57.6 Å². The number of thioether (sulfide) groups is 1. The number of nitrogens with zero attached hydrogens (tertiary/aromatic N) is 1. The van der Waals surface area contributed by atoms with Crippen LogP contribution in [0.3, 0.4) is 0 Å². The summed E-state index contributed by atoms with van der Waals surface area (Å²) in [5.74, 6) is -5.80. The SMILES string of the molecule is CCCOc1c(NC(=O)c2ccc(NC(=O)[C@H](CC(N)=O)NC(=O)c3ccc(NC(=O)C(C)Sc4ccc(C#N)cc4)cc3)cc2)ccc(C(=O)Nc2ccc(C(=O)O)cc2)c1O. The Morgan fingerprint density at radius 2 is 1.24 bits per heavy atom. The molecular formula is C45H41N7O10S. The maximum atomic E-state index is 13.3. The number of hydrogen-bond donors (Lipinski definition) is 8. The Labute approximate surface area is 365 Å². The lowest BCUT2D eigenvalue weighted by atomic mass is 10.1. The predicted molar refractivity (Wildman–Crippen MR) is 235 cm³/mol. The number of primary amides is 1. The molecule has 0 bridgehead atoms. The molecule has 1 unspecified atom stereocenters. The lowest BCUT2D eigenvalue weighted by Crippen LogP contribution is -2.46. The van der Waals surface area contributed by atoms with Crippen LogP contribution in [0.1, 0.15) is 73.7 Å². The zero-order valence-electron chi connectivity index (χ0n) is 33.8. The first-order chi connectivity index (χ1) is 30.1. The van der Waals surface area contributed by atoms with E-state index in [2.05, 4.69) is 26.6 Å². The number of carboxylic acids is 1. The Morgan fingerprint density at radius 3 is 1.78 bits per heavy atom. The van der Waals surface area contributed by atoms with Crippen molar-refractivity contribution in [3.8, 4) is 17.6 Å². The molecule has 0 heterocycles. The van der Waals surface area contributed by atoms with Crippen molar-refractivity contribution in [3.05, 3.63) is 137 Å². The molecule has 0 saturated heterocycles. The van der Waals surface area contributed by atoms with Gasteiger partial charge in [-0.2, -0.15) is 5.26 Å². The molecule has 18 heteroatoms. The average molecular weight is 872 g/mol. The Morgan fingerprint density at radius 1 is 0.698 bits per heavy atom. The summed E-state index contributed by atoms with van der Waals surface area (Å²) in [6.45, 7) is 3.69. The molecule has 0 aliphatic rings. The molecule has 5 aromatic carbocycles. The van der Waals surface area contributed by atoms with E-state index in [0.717, 1.165) is 4.90 Å². The van der Waals surface area contributed by atoms with Crippen molar-refractivity contribution in [1.29, 1.82) is 5.26 Å². The molecule has 0 aliphatic heterocycles. The third-order valence-corrected chi connectivity index (χ3v) is 10.1. The van der Waals surface area contributed by atoms with Crippen LogP contribution >= 0.6 is 11.8 Å². The fourth-order valence-electron chi connectivity index (χ4n) is 5.69. The molecule has 322 valence electrons. The quantitative estimate of drug-likeness (QED) is 0.0472. The van der Waals surface area contributed by atoms with E-state index < -0.39 is 59.0 Å². The molecule has 0 fully saturated rings. The highest BCUT2D eigenvalue weighted by atomic mass is 32.2.